The molecule has 168 valence electrons. The van der Waals surface area contributed by atoms with Gasteiger partial charge in [0, 0.05) is 5.69 Å². The van der Waals surface area contributed by atoms with Gasteiger partial charge in [-0.3, -0.25) is 4.79 Å². The van der Waals surface area contributed by atoms with Gasteiger partial charge < -0.3 is 15.9 Å². The third-order valence-electron chi connectivity index (χ3n) is 4.80. The lowest BCUT2D eigenvalue weighted by molar-refractivity contribution is -0.115. The number of nitrogens with one attached hydrogen (secondary N) is 1. The predicted molar refractivity (Wildman–Crippen MR) is 127 cm³/mol. The Labute approximate surface area is 194 Å². The summed E-state index contributed by atoms with van der Waals surface area (Å²) in [5.74, 6) is 6.27. The van der Waals surface area contributed by atoms with Crippen LogP contribution in [-0.2, 0) is 11.4 Å². The van der Waals surface area contributed by atoms with Gasteiger partial charge >= 0.3 is 0 Å². The zero-order chi connectivity index (χ0) is 23.2. The number of thioether (sulfide) groups is 1. The molecule has 4 aromatic rings. The Morgan fingerprint density at radius 2 is 1.76 bits per heavy atom. The molecule has 1 atom stereocenters. The number of carbonyl (C=O) groups excluding carboxylic acids is 1. The van der Waals surface area contributed by atoms with Crippen LogP contribution < -0.4 is 15.9 Å². The smallest absolute Gasteiger partial charge is 0.237 e. The van der Waals surface area contributed by atoms with E-state index in [1.807, 2.05) is 30.3 Å². The summed E-state index contributed by atoms with van der Waals surface area (Å²) in [6, 6.07) is 23.2. The van der Waals surface area contributed by atoms with Crippen molar-refractivity contribution in [2.75, 3.05) is 11.2 Å². The van der Waals surface area contributed by atoms with Crippen molar-refractivity contribution in [3.8, 4) is 17.1 Å². The van der Waals surface area contributed by atoms with Crippen LogP contribution in [0, 0.1) is 5.82 Å². The van der Waals surface area contributed by atoms with E-state index in [-0.39, 0.29) is 17.3 Å². The highest BCUT2D eigenvalue weighted by molar-refractivity contribution is 8.00. The van der Waals surface area contributed by atoms with Crippen molar-refractivity contribution in [2.45, 2.75) is 23.9 Å². The number of benzene rings is 3. The average molecular weight is 464 g/mol. The molecule has 4 rings (SSSR count). The van der Waals surface area contributed by atoms with Crippen LogP contribution in [0.2, 0.25) is 0 Å². The monoisotopic (exact) mass is 463 g/mol. The Balaban J connectivity index is 1.34. The summed E-state index contributed by atoms with van der Waals surface area (Å²) in [6.07, 6.45) is 0. The van der Waals surface area contributed by atoms with Gasteiger partial charge in [-0.2, -0.15) is 0 Å². The molecule has 3 N–H and O–H groups in total. The number of aromatic nitrogens is 3. The van der Waals surface area contributed by atoms with Crippen molar-refractivity contribution in [3.63, 3.8) is 0 Å². The highest BCUT2D eigenvalue weighted by Crippen LogP contribution is 2.27. The Hall–Kier alpha value is -3.85. The fourth-order valence-electron chi connectivity index (χ4n) is 3.01. The third kappa shape index (κ3) is 5.50. The van der Waals surface area contributed by atoms with Crippen molar-refractivity contribution in [2.24, 2.45) is 0 Å². The molecule has 0 spiro atoms. The maximum Gasteiger partial charge on any atom is 0.237 e. The molecule has 0 saturated heterocycles. The van der Waals surface area contributed by atoms with Crippen LogP contribution in [0.25, 0.3) is 11.4 Å². The van der Waals surface area contributed by atoms with E-state index in [0.29, 0.717) is 23.2 Å². The van der Waals surface area contributed by atoms with Gasteiger partial charge in [-0.1, -0.05) is 54.2 Å². The molecule has 7 nitrogen and oxygen atoms in total. The lowest BCUT2D eigenvalue weighted by Gasteiger charge is -2.12. The Bertz CT molecular complexity index is 1230. The number of hydrogen-bond donors (Lipinski definition) is 2. The van der Waals surface area contributed by atoms with E-state index >= 15 is 0 Å². The quantitative estimate of drug-likeness (QED) is 0.295. The fourth-order valence-corrected chi connectivity index (χ4v) is 3.78. The Kier molecular flexibility index (Phi) is 6.89. The van der Waals surface area contributed by atoms with Gasteiger partial charge in [0.25, 0.3) is 0 Å². The molecular formula is C24H22FN5O2S. The normalized spacial score (nSPS) is 11.7. The molecular weight excluding hydrogens is 441 g/mol. The van der Waals surface area contributed by atoms with Gasteiger partial charge in [0.15, 0.2) is 5.82 Å². The summed E-state index contributed by atoms with van der Waals surface area (Å²) in [6.45, 7) is 2.20. The van der Waals surface area contributed by atoms with Crippen LogP contribution in [0.4, 0.5) is 10.1 Å². The molecule has 0 aliphatic heterocycles. The molecule has 0 aliphatic carbocycles. The second-order valence-electron chi connectivity index (χ2n) is 7.20. The van der Waals surface area contributed by atoms with Crippen LogP contribution in [-0.4, -0.2) is 26.0 Å². The molecule has 1 aromatic heterocycles. The van der Waals surface area contributed by atoms with Crippen LogP contribution in [0.1, 0.15) is 12.5 Å². The van der Waals surface area contributed by atoms with Gasteiger partial charge in [0.2, 0.25) is 11.1 Å². The Morgan fingerprint density at radius 1 is 1.06 bits per heavy atom. The summed E-state index contributed by atoms with van der Waals surface area (Å²) in [5, 5.41) is 10.6. The largest absolute Gasteiger partial charge is 0.489 e. The van der Waals surface area contributed by atoms with Crippen LogP contribution in [0.5, 0.6) is 5.75 Å². The molecule has 0 aliphatic rings. The van der Waals surface area contributed by atoms with Crippen molar-refractivity contribution in [1.29, 1.82) is 0 Å². The lowest BCUT2D eigenvalue weighted by Crippen LogP contribution is -2.23. The minimum Gasteiger partial charge on any atom is -0.489 e. The minimum atomic E-state index is -0.515. The second kappa shape index (κ2) is 10.2. The topological polar surface area (TPSA) is 95.1 Å². The van der Waals surface area contributed by atoms with Crippen molar-refractivity contribution >= 4 is 23.4 Å². The van der Waals surface area contributed by atoms with E-state index in [1.165, 1.54) is 10.7 Å². The van der Waals surface area contributed by atoms with Gasteiger partial charge in [-0.25, -0.2) is 9.07 Å². The molecule has 33 heavy (non-hydrogen) atoms. The Morgan fingerprint density at radius 3 is 2.48 bits per heavy atom. The zero-order valence-corrected chi connectivity index (χ0v) is 18.6. The molecule has 1 heterocycles. The average Bonchev–Trinajstić information content (AvgIpc) is 3.19. The van der Waals surface area contributed by atoms with Crippen molar-refractivity contribution in [3.05, 3.63) is 90.2 Å². The minimum absolute atomic E-state index is 0.189. The maximum atomic E-state index is 14.0. The van der Waals surface area contributed by atoms with Gasteiger partial charge in [0.1, 0.15) is 18.2 Å². The standard InChI is InChI=1S/C24H22FN5O2S/c1-16(33-24-29-28-22(30(24)26)20-9-5-6-10-21(20)25)23(31)27-18-11-13-19(14-12-18)32-15-17-7-3-2-4-8-17/h2-14,16H,15,26H2,1H3,(H,27,31)/t16-/m1/s1. The number of hydrogen-bond acceptors (Lipinski definition) is 6. The number of halogens is 1. The molecule has 0 saturated carbocycles. The van der Waals surface area contributed by atoms with Crippen LogP contribution in [0.3, 0.4) is 0 Å². The van der Waals surface area contributed by atoms with Crippen molar-refractivity contribution < 1.29 is 13.9 Å². The molecule has 0 bridgehead atoms. The van der Waals surface area contributed by atoms with E-state index in [9.17, 15) is 9.18 Å². The summed E-state index contributed by atoms with van der Waals surface area (Å²) < 4.78 is 21.0. The van der Waals surface area contributed by atoms with Gasteiger partial charge in [-0.15, -0.1) is 10.2 Å². The predicted octanol–water partition coefficient (Wildman–Crippen LogP) is 4.50. The highest BCUT2D eigenvalue weighted by Gasteiger charge is 2.21. The SMILES string of the molecule is C[C@@H](Sc1nnc(-c2ccccc2F)n1N)C(=O)Nc1ccc(OCc2ccccc2)cc1. The number of nitrogen functional groups attached to an aromatic ring is 1. The molecule has 9 heteroatoms. The number of anilines is 1. The lowest BCUT2D eigenvalue weighted by atomic mass is 10.2. The highest BCUT2D eigenvalue weighted by atomic mass is 32.2. The maximum absolute atomic E-state index is 14.0. The third-order valence-corrected chi connectivity index (χ3v) is 5.86. The summed E-state index contributed by atoms with van der Waals surface area (Å²) >= 11 is 1.13. The van der Waals surface area contributed by atoms with Crippen molar-refractivity contribution in [1.82, 2.24) is 14.9 Å². The summed E-state index contributed by atoms with van der Waals surface area (Å²) in [7, 11) is 0. The second-order valence-corrected chi connectivity index (χ2v) is 8.51. The number of nitrogens with two attached hydrogens (primary N) is 1. The van der Waals surface area contributed by atoms with E-state index in [4.69, 9.17) is 10.6 Å². The number of amides is 1. The first-order valence-electron chi connectivity index (χ1n) is 10.2. The molecule has 0 unspecified atom stereocenters. The fraction of sp³-hybridized carbons (Fsp3) is 0.125. The van der Waals surface area contributed by atoms with Gasteiger partial charge in [-0.05, 0) is 48.9 Å². The summed E-state index contributed by atoms with van der Waals surface area (Å²) in [4.78, 5) is 12.6. The van der Waals surface area contributed by atoms with E-state index in [2.05, 4.69) is 15.5 Å². The molecule has 3 aromatic carbocycles. The molecule has 0 fully saturated rings. The number of rotatable bonds is 8. The number of nitrogens with zero attached hydrogens (tertiary/aromatic N) is 3. The number of ether oxygens (including phenoxy) is 1. The van der Waals surface area contributed by atoms with Crippen LogP contribution in [0.15, 0.2) is 84.0 Å². The first kappa shape index (κ1) is 22.3. The van der Waals surface area contributed by atoms with Gasteiger partial charge in [0.05, 0.1) is 10.8 Å². The number of carbonyl (C=O) groups is 1. The summed E-state index contributed by atoms with van der Waals surface area (Å²) in [5.41, 5.74) is 1.96. The van der Waals surface area contributed by atoms with Crippen LogP contribution >= 0.6 is 11.8 Å². The van der Waals surface area contributed by atoms with E-state index < -0.39 is 11.1 Å². The first-order valence-corrected chi connectivity index (χ1v) is 11.1. The zero-order valence-electron chi connectivity index (χ0n) is 17.8. The van der Waals surface area contributed by atoms with E-state index in [0.717, 1.165) is 17.3 Å². The first-order chi connectivity index (χ1) is 16.0. The molecule has 1 amide bonds. The molecule has 0 radical (unpaired) electrons. The van der Waals surface area contributed by atoms with E-state index in [1.54, 1.807) is 49.4 Å².